The van der Waals surface area contributed by atoms with Gasteiger partial charge in [0, 0.05) is 6.20 Å². The Morgan fingerprint density at radius 2 is 2.11 bits per heavy atom. The molecule has 4 nitrogen and oxygen atoms in total. The highest BCUT2D eigenvalue weighted by Gasteiger charge is 2.10. The molecular formula is C13H12FN3O. The highest BCUT2D eigenvalue weighted by molar-refractivity contribution is 5.97. The van der Waals surface area contributed by atoms with Crippen molar-refractivity contribution in [3.05, 3.63) is 53.6 Å². The number of aryl methyl sites for hydroxylation is 1. The molecule has 0 saturated heterocycles. The Morgan fingerprint density at radius 3 is 2.78 bits per heavy atom. The Labute approximate surface area is 104 Å². The summed E-state index contributed by atoms with van der Waals surface area (Å²) in [5.41, 5.74) is 6.32. The van der Waals surface area contributed by atoms with Gasteiger partial charge in [0.1, 0.15) is 23.2 Å². The first-order chi connectivity index (χ1) is 8.58. The largest absolute Gasteiger partial charge is 0.455 e. The van der Waals surface area contributed by atoms with E-state index in [2.05, 4.69) is 4.98 Å². The highest BCUT2D eigenvalue weighted by Crippen LogP contribution is 2.27. The third kappa shape index (κ3) is 2.45. The predicted molar refractivity (Wildman–Crippen MR) is 66.5 cm³/mol. The summed E-state index contributed by atoms with van der Waals surface area (Å²) in [4.78, 5) is 4.08. The number of hydrogen-bond donors (Lipinski definition) is 2. The molecule has 0 atom stereocenters. The molecule has 1 aromatic carbocycles. The first-order valence-electron chi connectivity index (χ1n) is 5.31. The monoisotopic (exact) mass is 245 g/mol. The number of halogens is 1. The Balaban J connectivity index is 2.41. The van der Waals surface area contributed by atoms with Crippen LogP contribution in [0.15, 0.2) is 36.5 Å². The van der Waals surface area contributed by atoms with E-state index in [4.69, 9.17) is 15.9 Å². The van der Waals surface area contributed by atoms with E-state index in [-0.39, 0.29) is 11.4 Å². The second kappa shape index (κ2) is 4.83. The average molecular weight is 245 g/mol. The Bertz CT molecular complexity index is 599. The van der Waals surface area contributed by atoms with E-state index < -0.39 is 5.82 Å². The van der Waals surface area contributed by atoms with Crippen LogP contribution < -0.4 is 10.5 Å². The second-order valence-corrected chi connectivity index (χ2v) is 3.74. The van der Waals surface area contributed by atoms with Crippen molar-refractivity contribution in [2.45, 2.75) is 6.92 Å². The Kier molecular flexibility index (Phi) is 3.23. The van der Waals surface area contributed by atoms with Crippen molar-refractivity contribution in [1.29, 1.82) is 5.41 Å². The summed E-state index contributed by atoms with van der Waals surface area (Å²) < 4.78 is 18.7. The summed E-state index contributed by atoms with van der Waals surface area (Å²) >= 11 is 0. The number of ether oxygens (including phenoxy) is 1. The fraction of sp³-hybridized carbons (Fsp3) is 0.0769. The normalized spacial score (nSPS) is 10.1. The molecule has 0 amide bonds. The van der Waals surface area contributed by atoms with Gasteiger partial charge in [-0.3, -0.25) is 10.4 Å². The van der Waals surface area contributed by atoms with Crippen molar-refractivity contribution < 1.29 is 9.13 Å². The lowest BCUT2D eigenvalue weighted by molar-refractivity contribution is 0.472. The summed E-state index contributed by atoms with van der Waals surface area (Å²) in [5, 5.41) is 7.41. The number of nitrogen functional groups attached to an aromatic ring is 1. The van der Waals surface area contributed by atoms with Gasteiger partial charge in [-0.05, 0) is 37.3 Å². The summed E-state index contributed by atoms with van der Waals surface area (Å²) in [6.07, 6.45) is 1.65. The first kappa shape index (κ1) is 12.0. The Hall–Kier alpha value is -2.43. The van der Waals surface area contributed by atoms with Crippen molar-refractivity contribution in [1.82, 2.24) is 4.98 Å². The van der Waals surface area contributed by atoms with Crippen molar-refractivity contribution in [2.24, 2.45) is 5.73 Å². The molecule has 2 rings (SSSR count). The number of nitrogens with zero attached hydrogens (tertiary/aromatic N) is 1. The van der Waals surface area contributed by atoms with E-state index in [0.29, 0.717) is 17.2 Å². The van der Waals surface area contributed by atoms with Crippen LogP contribution in [0.5, 0.6) is 11.5 Å². The zero-order valence-electron chi connectivity index (χ0n) is 9.77. The van der Waals surface area contributed by atoms with Crippen molar-refractivity contribution >= 4 is 5.84 Å². The Morgan fingerprint density at radius 1 is 1.33 bits per heavy atom. The fourth-order valence-electron chi connectivity index (χ4n) is 1.50. The van der Waals surface area contributed by atoms with Crippen LogP contribution >= 0.6 is 0 Å². The van der Waals surface area contributed by atoms with Crippen LogP contribution in [0, 0.1) is 18.2 Å². The number of benzene rings is 1. The molecule has 2 aromatic rings. The lowest BCUT2D eigenvalue weighted by Gasteiger charge is -2.11. The van der Waals surface area contributed by atoms with Crippen LogP contribution in [0.25, 0.3) is 0 Å². The van der Waals surface area contributed by atoms with Gasteiger partial charge in [-0.1, -0.05) is 0 Å². The van der Waals surface area contributed by atoms with Gasteiger partial charge in [-0.25, -0.2) is 4.39 Å². The molecule has 0 aliphatic heterocycles. The molecule has 0 aliphatic rings. The van der Waals surface area contributed by atoms with Crippen LogP contribution in [0.2, 0.25) is 0 Å². The maximum absolute atomic E-state index is 13.1. The molecule has 18 heavy (non-hydrogen) atoms. The lowest BCUT2D eigenvalue weighted by atomic mass is 10.2. The minimum absolute atomic E-state index is 0.221. The topological polar surface area (TPSA) is 72.0 Å². The van der Waals surface area contributed by atoms with Gasteiger partial charge in [-0.15, -0.1) is 0 Å². The third-order valence-corrected chi connectivity index (χ3v) is 2.41. The maximum atomic E-state index is 13.1. The molecule has 3 N–H and O–H groups in total. The van der Waals surface area contributed by atoms with E-state index in [1.54, 1.807) is 25.3 Å². The quantitative estimate of drug-likeness (QED) is 0.645. The molecule has 0 unspecified atom stereocenters. The fourth-order valence-corrected chi connectivity index (χ4v) is 1.50. The van der Waals surface area contributed by atoms with Gasteiger partial charge < -0.3 is 10.5 Å². The van der Waals surface area contributed by atoms with Crippen LogP contribution in [-0.2, 0) is 0 Å². The molecule has 0 fully saturated rings. The molecule has 5 heteroatoms. The maximum Gasteiger partial charge on any atom is 0.148 e. The SMILES string of the molecule is Cc1ncccc1Oc1ccc(F)cc1C(=N)N. The number of hydrogen-bond acceptors (Lipinski definition) is 3. The van der Waals surface area contributed by atoms with E-state index in [1.807, 2.05) is 0 Å². The predicted octanol–water partition coefficient (Wildman–Crippen LogP) is 2.61. The van der Waals surface area contributed by atoms with Crippen LogP contribution in [0.4, 0.5) is 4.39 Å². The highest BCUT2D eigenvalue weighted by atomic mass is 19.1. The van der Waals surface area contributed by atoms with Gasteiger partial charge in [0.25, 0.3) is 0 Å². The summed E-state index contributed by atoms with van der Waals surface area (Å²) in [6, 6.07) is 7.35. The van der Waals surface area contributed by atoms with Crippen LogP contribution in [-0.4, -0.2) is 10.8 Å². The van der Waals surface area contributed by atoms with Gasteiger partial charge in [0.15, 0.2) is 0 Å². The smallest absolute Gasteiger partial charge is 0.148 e. The second-order valence-electron chi connectivity index (χ2n) is 3.74. The molecule has 92 valence electrons. The molecule has 1 heterocycles. The van der Waals surface area contributed by atoms with Crippen molar-refractivity contribution in [3.8, 4) is 11.5 Å². The zero-order valence-corrected chi connectivity index (χ0v) is 9.77. The van der Waals surface area contributed by atoms with Gasteiger partial charge in [-0.2, -0.15) is 0 Å². The van der Waals surface area contributed by atoms with Gasteiger partial charge >= 0.3 is 0 Å². The van der Waals surface area contributed by atoms with Gasteiger partial charge in [0.2, 0.25) is 0 Å². The van der Waals surface area contributed by atoms with Crippen LogP contribution in [0.3, 0.4) is 0 Å². The standard InChI is InChI=1S/C13H12FN3O/c1-8-11(3-2-6-17-8)18-12-5-4-9(14)7-10(12)13(15)16/h2-7H,1H3,(H3,15,16). The lowest BCUT2D eigenvalue weighted by Crippen LogP contribution is -2.12. The number of amidine groups is 1. The number of pyridine rings is 1. The molecule has 0 saturated carbocycles. The summed E-state index contributed by atoms with van der Waals surface area (Å²) in [6.45, 7) is 1.80. The van der Waals surface area contributed by atoms with E-state index in [9.17, 15) is 4.39 Å². The molecule has 0 spiro atoms. The molecule has 0 bridgehead atoms. The van der Waals surface area contributed by atoms with Crippen molar-refractivity contribution in [3.63, 3.8) is 0 Å². The number of rotatable bonds is 3. The number of nitrogens with two attached hydrogens (primary N) is 1. The molecule has 0 aliphatic carbocycles. The average Bonchev–Trinajstić information content (AvgIpc) is 2.34. The third-order valence-electron chi connectivity index (χ3n) is 2.41. The van der Waals surface area contributed by atoms with Gasteiger partial charge in [0.05, 0.1) is 11.3 Å². The number of aromatic nitrogens is 1. The molecule has 1 aromatic heterocycles. The summed E-state index contributed by atoms with van der Waals surface area (Å²) in [7, 11) is 0. The first-order valence-corrected chi connectivity index (χ1v) is 5.31. The number of nitrogens with one attached hydrogen (secondary N) is 1. The van der Waals surface area contributed by atoms with Crippen LogP contribution in [0.1, 0.15) is 11.3 Å². The van der Waals surface area contributed by atoms with E-state index in [1.165, 1.54) is 18.2 Å². The van der Waals surface area contributed by atoms with E-state index >= 15 is 0 Å². The minimum atomic E-state index is -0.463. The summed E-state index contributed by atoms with van der Waals surface area (Å²) in [5.74, 6) is 0.174. The molecular weight excluding hydrogens is 233 g/mol. The van der Waals surface area contributed by atoms with E-state index in [0.717, 1.165) is 0 Å². The molecule has 0 radical (unpaired) electrons. The minimum Gasteiger partial charge on any atom is -0.455 e. The van der Waals surface area contributed by atoms with Crippen molar-refractivity contribution in [2.75, 3.05) is 0 Å². The zero-order chi connectivity index (χ0) is 13.1.